The number of benzene rings is 2. The third-order valence-electron chi connectivity index (χ3n) is 4.15. The number of hydrogen-bond acceptors (Lipinski definition) is 8. The number of nitrogens with one attached hydrogen (secondary N) is 2. The molecule has 4 aromatic rings. The lowest BCUT2D eigenvalue weighted by Gasteiger charge is -2.04. The fraction of sp³-hybridized carbons (Fsp3) is 0.100. The summed E-state index contributed by atoms with van der Waals surface area (Å²) in [6.07, 6.45) is 0. The molecule has 4 rings (SSSR count). The number of para-hydroxylation sites is 3. The van der Waals surface area contributed by atoms with Crippen LogP contribution in [0.3, 0.4) is 0 Å². The van der Waals surface area contributed by atoms with E-state index in [-0.39, 0.29) is 17.1 Å². The number of thioether (sulfide) groups is 1. The molecule has 0 unspecified atom stereocenters. The Morgan fingerprint density at radius 1 is 1.21 bits per heavy atom. The van der Waals surface area contributed by atoms with Crippen molar-refractivity contribution in [3.05, 3.63) is 65.7 Å². The first-order valence-corrected chi connectivity index (χ1v) is 10.5. The van der Waals surface area contributed by atoms with Crippen LogP contribution in [0.5, 0.6) is 0 Å². The molecule has 0 atom stereocenters. The summed E-state index contributed by atoms with van der Waals surface area (Å²) in [5.41, 5.74) is 3.76. The molecule has 0 aliphatic heterocycles. The van der Waals surface area contributed by atoms with Crippen molar-refractivity contribution in [3.63, 3.8) is 0 Å². The topological polar surface area (TPSA) is 111 Å². The van der Waals surface area contributed by atoms with E-state index in [0.717, 1.165) is 22.3 Å². The van der Waals surface area contributed by atoms with E-state index < -0.39 is 0 Å². The van der Waals surface area contributed by atoms with Gasteiger partial charge in [0.15, 0.2) is 10.2 Å². The van der Waals surface area contributed by atoms with Gasteiger partial charge in [0.25, 0.3) is 0 Å². The lowest BCUT2D eigenvalue weighted by Crippen LogP contribution is -1.95. The van der Waals surface area contributed by atoms with E-state index in [1.54, 1.807) is 0 Å². The van der Waals surface area contributed by atoms with E-state index >= 15 is 0 Å². The average Bonchev–Trinajstić information content (AvgIpc) is 3.35. The van der Waals surface area contributed by atoms with Gasteiger partial charge in [0.05, 0.1) is 16.8 Å². The number of fused-ring (bicyclic) bond motifs is 1. The summed E-state index contributed by atoms with van der Waals surface area (Å²) in [6, 6.07) is 17.4. The van der Waals surface area contributed by atoms with E-state index in [4.69, 9.17) is 0 Å². The summed E-state index contributed by atoms with van der Waals surface area (Å²) in [4.78, 5) is 7.44. The predicted octanol–water partition coefficient (Wildman–Crippen LogP) is 5.05. The van der Waals surface area contributed by atoms with Gasteiger partial charge in [0.2, 0.25) is 5.13 Å². The molecule has 2 aromatic carbocycles. The number of aryl methyl sites for hydroxylation is 1. The van der Waals surface area contributed by atoms with Crippen LogP contribution in [0.4, 0.5) is 10.8 Å². The fourth-order valence-corrected chi connectivity index (χ4v) is 4.32. The van der Waals surface area contributed by atoms with Crippen molar-refractivity contribution in [1.82, 2.24) is 20.2 Å². The summed E-state index contributed by atoms with van der Waals surface area (Å²) >= 11 is 2.70. The minimum atomic E-state index is -0.0554. The van der Waals surface area contributed by atoms with Gasteiger partial charge >= 0.3 is 0 Å². The molecule has 0 spiro atoms. The first kappa shape index (κ1) is 19.0. The Labute approximate surface area is 175 Å². The third-order valence-corrected chi connectivity index (χ3v) is 6.14. The molecule has 0 aliphatic carbocycles. The molecule has 0 fully saturated rings. The number of aliphatic hydroxyl groups is 1. The second-order valence-corrected chi connectivity index (χ2v) is 8.34. The average molecular weight is 421 g/mol. The maximum absolute atomic E-state index is 10.4. The van der Waals surface area contributed by atoms with Gasteiger partial charge in [-0.1, -0.05) is 53.4 Å². The Balaban J connectivity index is 1.47. The lowest BCUT2D eigenvalue weighted by molar-refractivity contribution is 0.420. The Kier molecular flexibility index (Phi) is 5.46. The summed E-state index contributed by atoms with van der Waals surface area (Å²) in [7, 11) is 0. The molecule has 9 heteroatoms. The Morgan fingerprint density at radius 3 is 2.79 bits per heavy atom. The SMILES string of the molecule is Cc1ccccc1Nc1nnc(SCC(O)=C(C#N)c2nc3ccccc3[nH]2)s1. The van der Waals surface area contributed by atoms with Gasteiger partial charge in [-0.15, -0.1) is 10.2 Å². The summed E-state index contributed by atoms with van der Waals surface area (Å²) < 4.78 is 0.689. The number of nitrogens with zero attached hydrogens (tertiary/aromatic N) is 4. The highest BCUT2D eigenvalue weighted by Crippen LogP contribution is 2.30. The molecule has 7 nitrogen and oxygen atoms in total. The standard InChI is InChI=1S/C20H16N6OS2/c1-12-6-2-3-7-14(12)24-19-25-26-20(29-19)28-11-17(27)13(10-21)18-22-15-8-4-5-9-16(15)23-18/h2-9,27H,11H2,1H3,(H,22,23)(H,24,25). The zero-order valence-electron chi connectivity index (χ0n) is 15.4. The van der Waals surface area contributed by atoms with Crippen LogP contribution in [-0.4, -0.2) is 31.0 Å². The number of aromatic nitrogens is 4. The minimum Gasteiger partial charge on any atom is -0.510 e. The molecular formula is C20H16N6OS2. The summed E-state index contributed by atoms with van der Waals surface area (Å²) in [6.45, 7) is 2.02. The minimum absolute atomic E-state index is 0.0554. The number of hydrogen-bond donors (Lipinski definition) is 3. The number of nitriles is 1. The van der Waals surface area contributed by atoms with E-state index in [1.165, 1.54) is 23.1 Å². The third kappa shape index (κ3) is 4.23. The molecule has 2 heterocycles. The highest BCUT2D eigenvalue weighted by molar-refractivity contribution is 8.01. The van der Waals surface area contributed by atoms with Crippen molar-refractivity contribution in [2.24, 2.45) is 0 Å². The zero-order chi connectivity index (χ0) is 20.2. The van der Waals surface area contributed by atoms with Gasteiger partial charge in [-0.25, -0.2) is 4.98 Å². The second kappa shape index (κ2) is 8.34. The van der Waals surface area contributed by atoms with Gasteiger partial charge in [-0.2, -0.15) is 5.26 Å². The van der Waals surface area contributed by atoms with Crippen LogP contribution in [0, 0.1) is 18.3 Å². The normalized spacial score (nSPS) is 11.9. The predicted molar refractivity (Wildman–Crippen MR) is 116 cm³/mol. The number of imidazole rings is 1. The van der Waals surface area contributed by atoms with E-state index in [0.29, 0.717) is 15.3 Å². The monoisotopic (exact) mass is 420 g/mol. The first-order valence-electron chi connectivity index (χ1n) is 8.70. The molecule has 29 heavy (non-hydrogen) atoms. The molecule has 0 saturated heterocycles. The quantitative estimate of drug-likeness (QED) is 0.227. The Hall–Kier alpha value is -3.35. The van der Waals surface area contributed by atoms with Gasteiger partial charge < -0.3 is 15.4 Å². The number of rotatable bonds is 6. The number of H-pyrrole nitrogens is 1. The van der Waals surface area contributed by atoms with Crippen molar-refractivity contribution in [2.75, 3.05) is 11.1 Å². The number of aromatic amines is 1. The molecule has 2 aromatic heterocycles. The molecule has 0 radical (unpaired) electrons. The molecule has 0 bridgehead atoms. The maximum atomic E-state index is 10.4. The van der Waals surface area contributed by atoms with Crippen LogP contribution in [0.1, 0.15) is 11.4 Å². The van der Waals surface area contributed by atoms with Crippen LogP contribution in [-0.2, 0) is 0 Å². The number of allylic oxidation sites excluding steroid dienone is 1. The van der Waals surface area contributed by atoms with Gasteiger partial charge in [0, 0.05) is 5.69 Å². The molecule has 0 aliphatic rings. The van der Waals surface area contributed by atoms with Crippen molar-refractivity contribution in [2.45, 2.75) is 11.3 Å². The number of aliphatic hydroxyl groups excluding tert-OH is 1. The fourth-order valence-electron chi connectivity index (χ4n) is 2.67. The molecule has 144 valence electrons. The molecular weight excluding hydrogens is 404 g/mol. The van der Waals surface area contributed by atoms with Crippen LogP contribution >= 0.6 is 23.1 Å². The van der Waals surface area contributed by atoms with Crippen molar-refractivity contribution >= 4 is 50.5 Å². The van der Waals surface area contributed by atoms with Gasteiger partial charge in [-0.05, 0) is 30.7 Å². The van der Waals surface area contributed by atoms with Crippen molar-refractivity contribution in [3.8, 4) is 6.07 Å². The van der Waals surface area contributed by atoms with E-state index in [1.807, 2.05) is 61.5 Å². The van der Waals surface area contributed by atoms with Crippen LogP contribution in [0.2, 0.25) is 0 Å². The van der Waals surface area contributed by atoms with E-state index in [9.17, 15) is 10.4 Å². The van der Waals surface area contributed by atoms with E-state index in [2.05, 4.69) is 25.5 Å². The van der Waals surface area contributed by atoms with Gasteiger partial charge in [0.1, 0.15) is 17.4 Å². The largest absolute Gasteiger partial charge is 0.510 e. The molecule has 0 saturated carbocycles. The lowest BCUT2D eigenvalue weighted by atomic mass is 10.2. The maximum Gasteiger partial charge on any atom is 0.210 e. The molecule has 3 N–H and O–H groups in total. The second-order valence-electron chi connectivity index (χ2n) is 6.14. The molecule has 0 amide bonds. The highest BCUT2D eigenvalue weighted by atomic mass is 32.2. The summed E-state index contributed by atoms with van der Waals surface area (Å²) in [5.74, 6) is 0.491. The van der Waals surface area contributed by atoms with Crippen LogP contribution in [0.15, 0.2) is 58.6 Å². The zero-order valence-corrected chi connectivity index (χ0v) is 17.0. The summed E-state index contributed by atoms with van der Waals surface area (Å²) in [5, 5.41) is 32.1. The van der Waals surface area contributed by atoms with Crippen molar-refractivity contribution < 1.29 is 5.11 Å². The van der Waals surface area contributed by atoms with Crippen LogP contribution in [0.25, 0.3) is 16.6 Å². The Bertz CT molecular complexity index is 1200. The van der Waals surface area contributed by atoms with Crippen LogP contribution < -0.4 is 5.32 Å². The number of anilines is 2. The smallest absolute Gasteiger partial charge is 0.210 e. The Morgan fingerprint density at radius 2 is 2.00 bits per heavy atom. The first-order chi connectivity index (χ1) is 14.1. The van der Waals surface area contributed by atoms with Gasteiger partial charge in [-0.3, -0.25) is 0 Å². The van der Waals surface area contributed by atoms with Crippen molar-refractivity contribution in [1.29, 1.82) is 5.26 Å². The highest BCUT2D eigenvalue weighted by Gasteiger charge is 2.15.